The molecule has 1 aliphatic heterocycles. The number of carbonyl (C=O) groups excluding carboxylic acids is 2. The van der Waals surface area contributed by atoms with Gasteiger partial charge in [0.15, 0.2) is 6.61 Å². The number of phenolic OH excluding ortho intramolecular Hbond substituents is 1. The number of ether oxygens (including phenoxy) is 1. The lowest BCUT2D eigenvalue weighted by Crippen LogP contribution is -2.25. The fourth-order valence-corrected chi connectivity index (χ4v) is 2.01. The van der Waals surface area contributed by atoms with E-state index in [4.69, 9.17) is 4.74 Å². The third kappa shape index (κ3) is 2.79. The Balaban J connectivity index is 1.82. The molecule has 6 heteroatoms. The molecule has 2 aromatic rings. The number of benzene rings is 2. The highest BCUT2D eigenvalue weighted by Crippen LogP contribution is 2.28. The number of anilines is 2. The van der Waals surface area contributed by atoms with E-state index in [0.29, 0.717) is 22.7 Å². The molecule has 2 amide bonds. The molecule has 0 saturated heterocycles. The Morgan fingerprint density at radius 3 is 2.90 bits per heavy atom. The lowest BCUT2D eigenvalue weighted by molar-refractivity contribution is -0.118. The molecule has 0 bridgehead atoms. The van der Waals surface area contributed by atoms with Crippen LogP contribution < -0.4 is 15.4 Å². The minimum atomic E-state index is -0.344. The Morgan fingerprint density at radius 1 is 1.24 bits per heavy atom. The second kappa shape index (κ2) is 5.16. The molecule has 0 aromatic heterocycles. The summed E-state index contributed by atoms with van der Waals surface area (Å²) in [7, 11) is 0. The summed E-state index contributed by atoms with van der Waals surface area (Å²) in [5.74, 6) is -0.00123. The molecule has 2 aromatic carbocycles. The van der Waals surface area contributed by atoms with Crippen LogP contribution in [0.15, 0.2) is 42.5 Å². The standard InChI is InChI=1S/C15H12N2O4/c18-11-3-1-2-10(7-11)16-15(20)9-4-5-13-12(6-9)17-14(19)8-21-13/h1-7,18H,8H2,(H,16,20)(H,17,19). The highest BCUT2D eigenvalue weighted by atomic mass is 16.5. The molecule has 21 heavy (non-hydrogen) atoms. The first-order chi connectivity index (χ1) is 10.1. The molecule has 0 atom stereocenters. The van der Waals surface area contributed by atoms with E-state index in [1.165, 1.54) is 12.1 Å². The Labute approximate surface area is 120 Å². The van der Waals surface area contributed by atoms with Crippen LogP contribution in [0.4, 0.5) is 11.4 Å². The lowest BCUT2D eigenvalue weighted by atomic mass is 10.1. The summed E-state index contributed by atoms with van der Waals surface area (Å²) in [5, 5.41) is 14.7. The van der Waals surface area contributed by atoms with E-state index in [1.807, 2.05) is 0 Å². The summed E-state index contributed by atoms with van der Waals surface area (Å²) in [5.41, 5.74) is 1.33. The van der Waals surface area contributed by atoms with Crippen molar-refractivity contribution in [2.45, 2.75) is 0 Å². The molecule has 0 fully saturated rings. The second-order valence-corrected chi connectivity index (χ2v) is 4.55. The molecule has 0 spiro atoms. The van der Waals surface area contributed by atoms with Gasteiger partial charge in [0.05, 0.1) is 5.69 Å². The van der Waals surface area contributed by atoms with Crippen LogP contribution in [-0.2, 0) is 4.79 Å². The first-order valence-corrected chi connectivity index (χ1v) is 6.29. The first-order valence-electron chi connectivity index (χ1n) is 6.29. The molecule has 0 radical (unpaired) electrons. The smallest absolute Gasteiger partial charge is 0.262 e. The first kappa shape index (κ1) is 13.0. The van der Waals surface area contributed by atoms with Gasteiger partial charge in [0, 0.05) is 17.3 Å². The molecule has 0 unspecified atom stereocenters. The highest BCUT2D eigenvalue weighted by Gasteiger charge is 2.17. The average Bonchev–Trinajstić information content (AvgIpc) is 2.46. The summed E-state index contributed by atoms with van der Waals surface area (Å²) in [4.78, 5) is 23.4. The van der Waals surface area contributed by atoms with Crippen molar-refractivity contribution in [3.05, 3.63) is 48.0 Å². The Morgan fingerprint density at radius 2 is 2.10 bits per heavy atom. The maximum atomic E-state index is 12.1. The highest BCUT2D eigenvalue weighted by molar-refractivity contribution is 6.06. The molecule has 3 N–H and O–H groups in total. The van der Waals surface area contributed by atoms with Crippen LogP contribution in [0.25, 0.3) is 0 Å². The van der Waals surface area contributed by atoms with Crippen LogP contribution in [0.3, 0.4) is 0 Å². The van der Waals surface area contributed by atoms with E-state index in [2.05, 4.69) is 10.6 Å². The van der Waals surface area contributed by atoms with E-state index >= 15 is 0 Å². The number of phenols is 1. The number of aromatic hydroxyl groups is 1. The average molecular weight is 284 g/mol. The maximum Gasteiger partial charge on any atom is 0.262 e. The van der Waals surface area contributed by atoms with Gasteiger partial charge in [-0.15, -0.1) is 0 Å². The lowest BCUT2D eigenvalue weighted by Gasteiger charge is -2.18. The predicted molar refractivity (Wildman–Crippen MR) is 76.6 cm³/mol. The molecule has 0 aliphatic carbocycles. The number of carbonyl (C=O) groups is 2. The summed E-state index contributed by atoms with van der Waals surface area (Å²) >= 11 is 0. The minimum Gasteiger partial charge on any atom is -0.508 e. The minimum absolute atomic E-state index is 0.0260. The van der Waals surface area contributed by atoms with E-state index < -0.39 is 0 Å². The maximum absolute atomic E-state index is 12.1. The number of rotatable bonds is 2. The SMILES string of the molecule is O=C1COc2ccc(C(=O)Nc3cccc(O)c3)cc2N1. The van der Waals surface area contributed by atoms with Gasteiger partial charge < -0.3 is 20.5 Å². The van der Waals surface area contributed by atoms with Crippen molar-refractivity contribution in [3.63, 3.8) is 0 Å². The van der Waals surface area contributed by atoms with Gasteiger partial charge in [0.1, 0.15) is 11.5 Å². The van der Waals surface area contributed by atoms with Gasteiger partial charge in [-0.2, -0.15) is 0 Å². The van der Waals surface area contributed by atoms with Crippen LogP contribution in [0.5, 0.6) is 11.5 Å². The zero-order valence-electron chi connectivity index (χ0n) is 10.9. The van der Waals surface area contributed by atoms with Crippen molar-refractivity contribution in [2.24, 2.45) is 0 Å². The number of nitrogens with one attached hydrogen (secondary N) is 2. The number of hydrogen-bond acceptors (Lipinski definition) is 4. The van der Waals surface area contributed by atoms with E-state index in [9.17, 15) is 14.7 Å². The molecule has 106 valence electrons. The Hall–Kier alpha value is -3.02. The van der Waals surface area contributed by atoms with Gasteiger partial charge in [0.25, 0.3) is 11.8 Å². The van der Waals surface area contributed by atoms with Crippen molar-refractivity contribution < 1.29 is 19.4 Å². The molecule has 6 nitrogen and oxygen atoms in total. The van der Waals surface area contributed by atoms with Gasteiger partial charge in [0.2, 0.25) is 0 Å². The van der Waals surface area contributed by atoms with Crippen molar-refractivity contribution in [1.82, 2.24) is 0 Å². The fraction of sp³-hybridized carbons (Fsp3) is 0.0667. The molecule has 1 aliphatic rings. The van der Waals surface area contributed by atoms with Crippen LogP contribution in [0.1, 0.15) is 10.4 Å². The summed E-state index contributed by atoms with van der Waals surface area (Å²) in [6.45, 7) is -0.0260. The largest absolute Gasteiger partial charge is 0.508 e. The van der Waals surface area contributed by atoms with Gasteiger partial charge >= 0.3 is 0 Å². The quantitative estimate of drug-likeness (QED) is 0.786. The van der Waals surface area contributed by atoms with Gasteiger partial charge in [-0.05, 0) is 30.3 Å². The number of hydrogen-bond donors (Lipinski definition) is 3. The molecule has 1 heterocycles. The van der Waals surface area contributed by atoms with Gasteiger partial charge in [-0.1, -0.05) is 6.07 Å². The summed E-state index contributed by atoms with van der Waals surface area (Å²) in [6, 6.07) is 11.0. The summed E-state index contributed by atoms with van der Waals surface area (Å²) in [6.07, 6.45) is 0. The van der Waals surface area contributed by atoms with Crippen molar-refractivity contribution in [2.75, 3.05) is 17.2 Å². The third-order valence-corrected chi connectivity index (χ3v) is 2.98. The van der Waals surface area contributed by atoms with E-state index in [-0.39, 0.29) is 24.2 Å². The Bertz CT molecular complexity index is 727. The van der Waals surface area contributed by atoms with E-state index in [1.54, 1.807) is 30.3 Å². The van der Waals surface area contributed by atoms with Gasteiger partial charge in [-0.25, -0.2) is 0 Å². The molecule has 0 saturated carbocycles. The normalized spacial score (nSPS) is 12.9. The number of amides is 2. The van der Waals surface area contributed by atoms with Crippen LogP contribution >= 0.6 is 0 Å². The zero-order chi connectivity index (χ0) is 14.8. The molecular formula is C15H12N2O4. The number of fused-ring (bicyclic) bond motifs is 1. The second-order valence-electron chi connectivity index (χ2n) is 4.55. The Kier molecular flexibility index (Phi) is 3.19. The van der Waals surface area contributed by atoms with Crippen LogP contribution in [-0.4, -0.2) is 23.5 Å². The zero-order valence-corrected chi connectivity index (χ0v) is 10.9. The van der Waals surface area contributed by atoms with Crippen LogP contribution in [0.2, 0.25) is 0 Å². The van der Waals surface area contributed by atoms with Gasteiger partial charge in [-0.3, -0.25) is 9.59 Å². The molecule has 3 rings (SSSR count). The third-order valence-electron chi connectivity index (χ3n) is 2.98. The van der Waals surface area contributed by atoms with Crippen molar-refractivity contribution in [1.29, 1.82) is 0 Å². The molecular weight excluding hydrogens is 272 g/mol. The summed E-state index contributed by atoms with van der Waals surface area (Å²) < 4.78 is 5.23. The predicted octanol–water partition coefficient (Wildman–Crippen LogP) is 1.98. The monoisotopic (exact) mass is 284 g/mol. The van der Waals surface area contributed by atoms with E-state index in [0.717, 1.165) is 0 Å². The topological polar surface area (TPSA) is 87.7 Å². The van der Waals surface area contributed by atoms with Crippen molar-refractivity contribution >= 4 is 23.2 Å². The fourth-order valence-electron chi connectivity index (χ4n) is 2.01. The van der Waals surface area contributed by atoms with Crippen molar-refractivity contribution in [3.8, 4) is 11.5 Å². The van der Waals surface area contributed by atoms with Crippen LogP contribution in [0, 0.1) is 0 Å².